The van der Waals surface area contributed by atoms with Crippen molar-refractivity contribution in [2.75, 3.05) is 7.11 Å². The summed E-state index contributed by atoms with van der Waals surface area (Å²) in [5.74, 6) is 0.245. The van der Waals surface area contributed by atoms with Crippen LogP contribution in [0, 0.1) is 5.92 Å². The average Bonchev–Trinajstić information content (AvgIpc) is 2.51. The van der Waals surface area contributed by atoms with Crippen LogP contribution in [0.5, 0.6) is 0 Å². The van der Waals surface area contributed by atoms with Gasteiger partial charge in [-0.1, -0.05) is 13.8 Å². The lowest BCUT2D eigenvalue weighted by molar-refractivity contribution is 0.0458. The molecule has 0 bridgehead atoms. The minimum Gasteiger partial charge on any atom is -0.373 e. The Bertz CT molecular complexity index is 320. The van der Waals surface area contributed by atoms with Crippen LogP contribution in [-0.4, -0.2) is 19.0 Å². The van der Waals surface area contributed by atoms with Crippen LogP contribution < -0.4 is 0 Å². The number of Topliss-reactive ketones (excluding diaryl/α,β-unsaturated/α-hetero) is 1. The molecule has 1 aromatic rings. The number of hydrogen-bond donors (Lipinski definition) is 0. The van der Waals surface area contributed by atoms with Crippen LogP contribution in [0.1, 0.15) is 24.2 Å². The molecule has 0 fully saturated rings. The third-order valence-corrected chi connectivity index (χ3v) is 3.70. The molecule has 1 unspecified atom stereocenters. The Morgan fingerprint density at radius 1 is 1.50 bits per heavy atom. The molecule has 0 amide bonds. The van der Waals surface area contributed by atoms with Gasteiger partial charge >= 0.3 is 0 Å². The van der Waals surface area contributed by atoms with Gasteiger partial charge in [0.05, 0.1) is 0 Å². The molecule has 0 aliphatic heterocycles. The van der Waals surface area contributed by atoms with Gasteiger partial charge in [0.15, 0.2) is 5.78 Å². The van der Waals surface area contributed by atoms with E-state index in [1.807, 2.05) is 24.6 Å². The molecule has 1 rings (SSSR count). The molecule has 0 N–H and O–H groups in total. The fourth-order valence-corrected chi connectivity index (χ4v) is 2.77. The molecule has 78 valence electrons. The summed E-state index contributed by atoms with van der Waals surface area (Å²) in [5, 5.41) is 3.75. The van der Waals surface area contributed by atoms with Gasteiger partial charge in [0.25, 0.3) is 0 Å². The molecule has 1 heterocycles. The molecule has 0 aromatic carbocycles. The van der Waals surface area contributed by atoms with Crippen molar-refractivity contribution in [2.24, 2.45) is 5.92 Å². The minimum absolute atomic E-state index is 0.0515. The van der Waals surface area contributed by atoms with Crippen molar-refractivity contribution in [1.29, 1.82) is 0 Å². The number of ether oxygens (including phenoxy) is 1. The fourth-order valence-electron chi connectivity index (χ4n) is 1.29. The molecule has 0 saturated carbocycles. The van der Waals surface area contributed by atoms with Crippen molar-refractivity contribution in [3.63, 3.8) is 0 Å². The van der Waals surface area contributed by atoms with Gasteiger partial charge in [-0.05, 0) is 21.8 Å². The SMILES string of the molecule is COC(C(=O)c1cscc1Br)C(C)C. The van der Waals surface area contributed by atoms with Gasteiger partial charge in [0.2, 0.25) is 0 Å². The van der Waals surface area contributed by atoms with E-state index in [-0.39, 0.29) is 17.8 Å². The van der Waals surface area contributed by atoms with Crippen LogP contribution in [0.25, 0.3) is 0 Å². The van der Waals surface area contributed by atoms with E-state index in [0.717, 1.165) is 10.0 Å². The monoisotopic (exact) mass is 276 g/mol. The van der Waals surface area contributed by atoms with E-state index in [1.54, 1.807) is 7.11 Å². The first-order valence-electron chi connectivity index (χ1n) is 4.36. The summed E-state index contributed by atoms with van der Waals surface area (Å²) in [4.78, 5) is 12.0. The van der Waals surface area contributed by atoms with Gasteiger partial charge < -0.3 is 4.74 Å². The first-order chi connectivity index (χ1) is 6.57. The Kier molecular flexibility index (Phi) is 4.29. The number of thiophene rings is 1. The van der Waals surface area contributed by atoms with E-state index in [1.165, 1.54) is 11.3 Å². The van der Waals surface area contributed by atoms with E-state index in [0.29, 0.717) is 0 Å². The molecule has 0 radical (unpaired) electrons. The summed E-state index contributed by atoms with van der Waals surface area (Å²) in [5.41, 5.74) is 0.718. The summed E-state index contributed by atoms with van der Waals surface area (Å²) < 4.78 is 6.04. The molecular formula is C10H13BrO2S. The maximum absolute atomic E-state index is 12.0. The molecule has 0 aliphatic carbocycles. The zero-order valence-electron chi connectivity index (χ0n) is 8.41. The Morgan fingerprint density at radius 3 is 2.50 bits per heavy atom. The van der Waals surface area contributed by atoms with Crippen LogP contribution in [0.2, 0.25) is 0 Å². The summed E-state index contributed by atoms with van der Waals surface area (Å²) in [6, 6.07) is 0. The lowest BCUT2D eigenvalue weighted by Crippen LogP contribution is -2.28. The Balaban J connectivity index is 2.89. The van der Waals surface area contributed by atoms with E-state index in [4.69, 9.17) is 4.74 Å². The standard InChI is InChI=1S/C10H13BrO2S/c1-6(2)10(13-3)9(12)7-4-14-5-8(7)11/h4-6,10H,1-3H3. The molecule has 0 saturated heterocycles. The molecule has 0 aliphatic rings. The van der Waals surface area contributed by atoms with Crippen molar-refractivity contribution < 1.29 is 9.53 Å². The second-order valence-corrected chi connectivity index (χ2v) is 5.00. The third-order valence-electron chi connectivity index (χ3n) is 2.00. The quantitative estimate of drug-likeness (QED) is 0.789. The van der Waals surface area contributed by atoms with Crippen LogP contribution in [-0.2, 0) is 4.74 Å². The van der Waals surface area contributed by atoms with Crippen molar-refractivity contribution >= 4 is 33.0 Å². The Labute approximate surface area is 96.4 Å². The fraction of sp³-hybridized carbons (Fsp3) is 0.500. The van der Waals surface area contributed by atoms with Gasteiger partial charge in [-0.3, -0.25) is 4.79 Å². The molecule has 0 spiro atoms. The second-order valence-electron chi connectivity index (χ2n) is 3.40. The molecule has 1 atom stereocenters. The van der Waals surface area contributed by atoms with E-state index in [2.05, 4.69) is 15.9 Å². The largest absolute Gasteiger partial charge is 0.373 e. The zero-order valence-corrected chi connectivity index (χ0v) is 10.8. The normalized spacial score (nSPS) is 13.2. The van der Waals surface area contributed by atoms with Crippen molar-refractivity contribution in [3.8, 4) is 0 Å². The Morgan fingerprint density at radius 2 is 2.14 bits per heavy atom. The van der Waals surface area contributed by atoms with Gasteiger partial charge in [-0.25, -0.2) is 0 Å². The van der Waals surface area contributed by atoms with Crippen molar-refractivity contribution in [2.45, 2.75) is 20.0 Å². The predicted octanol–water partition coefficient (Wildman–Crippen LogP) is 3.36. The number of hydrogen-bond acceptors (Lipinski definition) is 3. The number of ketones is 1. The average molecular weight is 277 g/mol. The Hall–Kier alpha value is -0.190. The lowest BCUT2D eigenvalue weighted by Gasteiger charge is -2.17. The second kappa shape index (κ2) is 5.05. The van der Waals surface area contributed by atoms with E-state index >= 15 is 0 Å². The summed E-state index contributed by atoms with van der Waals surface area (Å²) >= 11 is 4.86. The zero-order chi connectivity index (χ0) is 10.7. The first-order valence-corrected chi connectivity index (χ1v) is 6.10. The number of carbonyl (C=O) groups excluding carboxylic acids is 1. The maximum atomic E-state index is 12.0. The van der Waals surface area contributed by atoms with Crippen molar-refractivity contribution in [1.82, 2.24) is 0 Å². The van der Waals surface area contributed by atoms with Gasteiger partial charge in [-0.2, -0.15) is 11.3 Å². The highest BCUT2D eigenvalue weighted by Crippen LogP contribution is 2.24. The van der Waals surface area contributed by atoms with E-state index < -0.39 is 0 Å². The predicted molar refractivity (Wildman–Crippen MR) is 62.0 cm³/mol. The molecular weight excluding hydrogens is 264 g/mol. The van der Waals surface area contributed by atoms with Gasteiger partial charge in [0, 0.05) is 27.9 Å². The first kappa shape index (κ1) is 11.9. The van der Waals surface area contributed by atoms with Gasteiger partial charge in [-0.15, -0.1) is 0 Å². The molecule has 1 aromatic heterocycles. The molecule has 4 heteroatoms. The minimum atomic E-state index is -0.346. The lowest BCUT2D eigenvalue weighted by atomic mass is 9.99. The smallest absolute Gasteiger partial charge is 0.193 e. The molecule has 2 nitrogen and oxygen atoms in total. The van der Waals surface area contributed by atoms with Crippen LogP contribution in [0.15, 0.2) is 15.2 Å². The maximum Gasteiger partial charge on any atom is 0.193 e. The van der Waals surface area contributed by atoms with E-state index in [9.17, 15) is 4.79 Å². The number of carbonyl (C=O) groups is 1. The number of rotatable bonds is 4. The summed E-state index contributed by atoms with van der Waals surface area (Å²) in [7, 11) is 1.57. The summed E-state index contributed by atoms with van der Waals surface area (Å²) in [6.45, 7) is 3.96. The third kappa shape index (κ3) is 2.43. The highest BCUT2D eigenvalue weighted by atomic mass is 79.9. The highest BCUT2D eigenvalue weighted by molar-refractivity contribution is 9.10. The van der Waals surface area contributed by atoms with Crippen LogP contribution >= 0.6 is 27.3 Å². The van der Waals surface area contributed by atoms with Crippen molar-refractivity contribution in [3.05, 3.63) is 20.8 Å². The van der Waals surface area contributed by atoms with Gasteiger partial charge in [0.1, 0.15) is 6.10 Å². The number of methoxy groups -OCH3 is 1. The molecule has 14 heavy (non-hydrogen) atoms. The number of halogens is 1. The van der Waals surface area contributed by atoms with Crippen LogP contribution in [0.3, 0.4) is 0 Å². The highest BCUT2D eigenvalue weighted by Gasteiger charge is 2.24. The van der Waals surface area contributed by atoms with Crippen LogP contribution in [0.4, 0.5) is 0 Å². The topological polar surface area (TPSA) is 26.3 Å². The summed E-state index contributed by atoms with van der Waals surface area (Å²) in [6.07, 6.45) is -0.346.